The maximum absolute atomic E-state index is 11.3. The summed E-state index contributed by atoms with van der Waals surface area (Å²) in [5.74, 6) is 1.16. The first kappa shape index (κ1) is 33.2. The molecule has 3 saturated heterocycles. The summed E-state index contributed by atoms with van der Waals surface area (Å²) < 4.78 is 26.0. The molecular formula is C31H61N3O5. The minimum Gasteiger partial charge on any atom is -0.386 e. The normalized spacial score (nSPS) is 43.8. The lowest BCUT2D eigenvalue weighted by Crippen LogP contribution is -2.58. The van der Waals surface area contributed by atoms with Crippen molar-refractivity contribution in [3.8, 4) is 0 Å². The predicted octanol–water partition coefficient (Wildman–Crippen LogP) is 3.61. The predicted molar refractivity (Wildman–Crippen MR) is 157 cm³/mol. The molecule has 0 aromatic rings. The molecule has 39 heavy (non-hydrogen) atoms. The lowest BCUT2D eigenvalue weighted by molar-refractivity contribution is -0.298. The van der Waals surface area contributed by atoms with E-state index in [1.807, 2.05) is 21.2 Å². The van der Waals surface area contributed by atoms with E-state index in [9.17, 15) is 5.11 Å². The summed E-state index contributed by atoms with van der Waals surface area (Å²) in [4.78, 5) is 4.61. The molecule has 3 rings (SSSR count). The molecule has 0 spiro atoms. The van der Waals surface area contributed by atoms with Crippen molar-refractivity contribution in [2.45, 2.75) is 116 Å². The van der Waals surface area contributed by atoms with Crippen LogP contribution in [0.1, 0.15) is 73.6 Å². The van der Waals surface area contributed by atoms with Gasteiger partial charge in [0, 0.05) is 25.7 Å². The summed E-state index contributed by atoms with van der Waals surface area (Å²) in [5.41, 5.74) is -0.571. The van der Waals surface area contributed by atoms with Crippen LogP contribution < -0.4 is 5.32 Å². The third kappa shape index (κ3) is 8.84. The molecule has 8 nitrogen and oxygen atoms in total. The minimum absolute atomic E-state index is 0.00768. The van der Waals surface area contributed by atoms with Gasteiger partial charge < -0.3 is 39.2 Å². The first-order valence-corrected chi connectivity index (χ1v) is 15.5. The van der Waals surface area contributed by atoms with Crippen LogP contribution in [0.3, 0.4) is 0 Å². The highest BCUT2D eigenvalue weighted by atomic mass is 16.7. The fraction of sp³-hybridized carbons (Fsp3) is 1.00. The lowest BCUT2D eigenvalue weighted by atomic mass is 9.75. The van der Waals surface area contributed by atoms with Crippen LogP contribution in [0.5, 0.6) is 0 Å². The third-order valence-corrected chi connectivity index (χ3v) is 9.60. The monoisotopic (exact) mass is 555 g/mol. The zero-order valence-electron chi connectivity index (χ0n) is 26.7. The molecule has 0 saturated carbocycles. The van der Waals surface area contributed by atoms with Crippen molar-refractivity contribution in [1.82, 2.24) is 15.1 Å². The molecule has 10 atom stereocenters. The zero-order chi connectivity index (χ0) is 29.0. The van der Waals surface area contributed by atoms with E-state index in [0.29, 0.717) is 24.5 Å². The van der Waals surface area contributed by atoms with Crippen LogP contribution >= 0.6 is 0 Å². The van der Waals surface area contributed by atoms with E-state index in [4.69, 9.17) is 18.9 Å². The average Bonchev–Trinajstić information content (AvgIpc) is 2.86. The standard InChI is InChI=1S/C31H61N3O5/c1-21-15-31(6,36-10)28(39-29-27(35)25(33(7)8)14-23(3)38-29)22(2)16-30(4,5)20-37-19-26(34(9)18-21)24-12-11-13-32-17-24/h21-29,32,35H,11-20H2,1-10H3/t21-,22-,23-,24-,25+,26-,27-,28-,29+,31-/m1/s1. The Bertz CT molecular complexity index is 733. The second-order valence-electron chi connectivity index (χ2n) is 14.4. The van der Waals surface area contributed by atoms with Crippen molar-refractivity contribution < 1.29 is 24.1 Å². The van der Waals surface area contributed by atoms with E-state index in [-0.39, 0.29) is 29.6 Å². The topological polar surface area (TPSA) is 75.7 Å². The number of aliphatic hydroxyl groups excluding tert-OH is 1. The summed E-state index contributed by atoms with van der Waals surface area (Å²) in [5, 5.41) is 14.9. The summed E-state index contributed by atoms with van der Waals surface area (Å²) in [6, 6.07) is 0.381. The fourth-order valence-electron chi connectivity index (χ4n) is 7.70. The Balaban J connectivity index is 1.88. The number of rotatable bonds is 5. The van der Waals surface area contributed by atoms with Crippen molar-refractivity contribution in [2.24, 2.45) is 23.2 Å². The molecule has 0 radical (unpaired) electrons. The van der Waals surface area contributed by atoms with Crippen molar-refractivity contribution in [1.29, 1.82) is 0 Å². The number of nitrogens with one attached hydrogen (secondary N) is 1. The number of hydrogen-bond acceptors (Lipinski definition) is 8. The number of ether oxygens (including phenoxy) is 4. The zero-order valence-corrected chi connectivity index (χ0v) is 26.7. The maximum Gasteiger partial charge on any atom is 0.185 e. The molecule has 0 aliphatic carbocycles. The van der Waals surface area contributed by atoms with Crippen molar-refractivity contribution in [3.05, 3.63) is 0 Å². The molecule has 3 fully saturated rings. The largest absolute Gasteiger partial charge is 0.386 e. The van der Waals surface area contributed by atoms with E-state index in [1.54, 1.807) is 0 Å². The highest BCUT2D eigenvalue weighted by molar-refractivity contribution is 4.95. The van der Waals surface area contributed by atoms with Gasteiger partial charge in [-0.05, 0) is 103 Å². The van der Waals surface area contributed by atoms with E-state index in [2.05, 4.69) is 63.7 Å². The fourth-order valence-corrected chi connectivity index (χ4v) is 7.70. The Labute approximate surface area is 239 Å². The van der Waals surface area contributed by atoms with Gasteiger partial charge in [0.05, 0.1) is 31.0 Å². The van der Waals surface area contributed by atoms with Crippen LogP contribution in [0.2, 0.25) is 0 Å². The van der Waals surface area contributed by atoms with Crippen LogP contribution in [0, 0.1) is 23.2 Å². The average molecular weight is 556 g/mol. The molecule has 2 N–H and O–H groups in total. The lowest BCUT2D eigenvalue weighted by Gasteiger charge is -2.47. The maximum atomic E-state index is 11.3. The summed E-state index contributed by atoms with van der Waals surface area (Å²) >= 11 is 0. The SMILES string of the molecule is CO[C@]1(C)C[C@@H](C)CN(C)[C@@H]([C@@H]2CCCNC2)COCC(C)(C)C[C@@H](C)[C@H]1O[C@@H]1O[C@H](C)C[C@H](N(C)C)[C@H]1O. The molecule has 0 bridgehead atoms. The van der Waals surface area contributed by atoms with Gasteiger partial charge in [0.2, 0.25) is 0 Å². The number of methoxy groups -OCH3 is 1. The Morgan fingerprint density at radius 3 is 2.44 bits per heavy atom. The van der Waals surface area contributed by atoms with Crippen LogP contribution in [0.25, 0.3) is 0 Å². The summed E-state index contributed by atoms with van der Waals surface area (Å²) in [7, 11) is 8.10. The quantitative estimate of drug-likeness (QED) is 0.533. The molecule has 0 amide bonds. The molecular weight excluding hydrogens is 494 g/mol. The Kier molecular flexibility index (Phi) is 12.1. The van der Waals surface area contributed by atoms with E-state index < -0.39 is 18.0 Å². The van der Waals surface area contributed by atoms with Crippen molar-refractivity contribution in [2.75, 3.05) is 61.1 Å². The van der Waals surface area contributed by atoms with Gasteiger partial charge in [-0.2, -0.15) is 0 Å². The number of likely N-dealkylation sites (N-methyl/N-ethyl adjacent to an activating group) is 2. The van der Waals surface area contributed by atoms with Crippen LogP contribution in [0.15, 0.2) is 0 Å². The molecule has 230 valence electrons. The minimum atomic E-state index is -0.723. The van der Waals surface area contributed by atoms with Gasteiger partial charge in [-0.25, -0.2) is 0 Å². The third-order valence-electron chi connectivity index (χ3n) is 9.60. The molecule has 0 unspecified atom stereocenters. The van der Waals surface area contributed by atoms with Gasteiger partial charge in [0.25, 0.3) is 0 Å². The van der Waals surface area contributed by atoms with E-state index >= 15 is 0 Å². The van der Waals surface area contributed by atoms with Crippen LogP contribution in [-0.2, 0) is 18.9 Å². The Morgan fingerprint density at radius 2 is 1.82 bits per heavy atom. The summed E-state index contributed by atoms with van der Waals surface area (Å²) in [6.07, 6.45) is 3.38. The van der Waals surface area contributed by atoms with Crippen LogP contribution in [0.4, 0.5) is 0 Å². The molecule has 3 aliphatic heterocycles. The van der Waals surface area contributed by atoms with Gasteiger partial charge in [0.1, 0.15) is 6.10 Å². The van der Waals surface area contributed by atoms with Gasteiger partial charge in [-0.3, -0.25) is 0 Å². The second-order valence-corrected chi connectivity index (χ2v) is 14.4. The van der Waals surface area contributed by atoms with Crippen molar-refractivity contribution in [3.63, 3.8) is 0 Å². The van der Waals surface area contributed by atoms with Crippen LogP contribution in [-0.4, -0.2) is 118 Å². The highest BCUT2D eigenvalue weighted by Crippen LogP contribution is 2.39. The van der Waals surface area contributed by atoms with E-state index in [1.165, 1.54) is 12.8 Å². The number of aliphatic hydroxyl groups is 1. The van der Waals surface area contributed by atoms with Gasteiger partial charge in [0.15, 0.2) is 6.29 Å². The smallest absolute Gasteiger partial charge is 0.185 e. The van der Waals surface area contributed by atoms with Gasteiger partial charge in [-0.15, -0.1) is 0 Å². The summed E-state index contributed by atoms with van der Waals surface area (Å²) in [6.45, 7) is 18.1. The Morgan fingerprint density at radius 1 is 1.10 bits per heavy atom. The second kappa shape index (κ2) is 14.2. The highest BCUT2D eigenvalue weighted by Gasteiger charge is 2.47. The number of hydrogen-bond donors (Lipinski definition) is 2. The molecule has 8 heteroatoms. The first-order chi connectivity index (χ1) is 18.3. The van der Waals surface area contributed by atoms with Crippen molar-refractivity contribution >= 4 is 0 Å². The Hall–Kier alpha value is -0.320. The van der Waals surface area contributed by atoms with Gasteiger partial charge >= 0.3 is 0 Å². The number of piperidine rings is 1. The molecule has 0 aromatic carbocycles. The molecule has 0 aromatic heterocycles. The van der Waals surface area contributed by atoms with E-state index in [0.717, 1.165) is 45.5 Å². The molecule has 3 heterocycles. The van der Waals surface area contributed by atoms with Gasteiger partial charge in [-0.1, -0.05) is 27.7 Å². The number of nitrogens with zero attached hydrogens (tertiary/aromatic N) is 2. The molecule has 3 aliphatic rings. The first-order valence-electron chi connectivity index (χ1n) is 15.5.